The molecule has 2 aliphatic heterocycles. The van der Waals surface area contributed by atoms with Gasteiger partial charge in [0.25, 0.3) is 11.8 Å². The van der Waals surface area contributed by atoms with Crippen LogP contribution in [0.15, 0.2) is 84.6 Å². The molecule has 4 aromatic rings. The number of pyridine rings is 1. The molecular weight excluding hydrogens is 898 g/mol. The van der Waals surface area contributed by atoms with Crippen molar-refractivity contribution in [2.45, 2.75) is 49.6 Å². The number of rotatable bonds is 7. The van der Waals surface area contributed by atoms with Crippen molar-refractivity contribution >= 4 is 58.3 Å². The summed E-state index contributed by atoms with van der Waals surface area (Å²) in [5.41, 5.74) is -4.61. The van der Waals surface area contributed by atoms with Gasteiger partial charge in [-0.05, 0) is 85.3 Å². The van der Waals surface area contributed by atoms with Crippen LogP contribution in [-0.4, -0.2) is 45.3 Å². The minimum atomic E-state index is -5.31. The van der Waals surface area contributed by atoms with Gasteiger partial charge < -0.3 is 9.84 Å². The van der Waals surface area contributed by atoms with E-state index in [1.807, 2.05) is 0 Å². The Labute approximate surface area is 360 Å². The second-order valence-electron chi connectivity index (χ2n) is 15.4. The molecule has 8 rings (SSSR count). The molecule has 0 radical (unpaired) electrons. The van der Waals surface area contributed by atoms with Gasteiger partial charge in [0.15, 0.2) is 17.3 Å². The highest BCUT2D eigenvalue weighted by Crippen LogP contribution is 2.64. The van der Waals surface area contributed by atoms with E-state index in [2.05, 4.69) is 10.4 Å². The largest absolute Gasteiger partial charge is 0.504 e. The summed E-state index contributed by atoms with van der Waals surface area (Å²) < 4.78 is 130. The Hall–Kier alpha value is -5.82. The third-order valence-electron chi connectivity index (χ3n) is 12.0. The Morgan fingerprint density at radius 2 is 1.44 bits per heavy atom. The smallest absolute Gasteiger partial charge is 0.417 e. The first-order valence-corrected chi connectivity index (χ1v) is 19.7. The van der Waals surface area contributed by atoms with E-state index in [1.165, 1.54) is 42.5 Å². The number of nitrogens with zero attached hydrogens (tertiary/aromatic N) is 3. The maximum Gasteiger partial charge on any atom is 0.417 e. The first kappa shape index (κ1) is 43.8. The number of phenolic OH excluding ortho intramolecular Hbond substituents is 1. The average molecular weight is 928 g/mol. The summed E-state index contributed by atoms with van der Waals surface area (Å²) in [6, 6.07) is 10.8. The Bertz CT molecular complexity index is 2590. The first-order valence-electron chi connectivity index (χ1n) is 18.9. The number of phenols is 1. The number of ether oxygens (including phenoxy) is 1. The normalized spacial score (nSPS) is 24.9. The number of halogens is 11. The zero-order valence-electron chi connectivity index (χ0n) is 32.0. The number of allylic oxidation sites excluding steroid dienone is 2. The number of imide groups is 2. The lowest BCUT2D eigenvalue weighted by atomic mass is 9.49. The van der Waals surface area contributed by atoms with Crippen molar-refractivity contribution in [1.82, 2.24) is 9.99 Å². The summed E-state index contributed by atoms with van der Waals surface area (Å²) >= 11 is 12.5. The summed E-state index contributed by atoms with van der Waals surface area (Å²) in [5, 5.41) is 10.9. The number of carbonyl (C=O) groups is 4. The van der Waals surface area contributed by atoms with Crippen LogP contribution in [0.2, 0.25) is 10.0 Å². The molecule has 6 atom stereocenters. The van der Waals surface area contributed by atoms with Gasteiger partial charge in [-0.3, -0.25) is 24.6 Å². The Balaban J connectivity index is 1.31. The van der Waals surface area contributed by atoms with Crippen LogP contribution < -0.4 is 15.1 Å². The zero-order chi connectivity index (χ0) is 45.7. The van der Waals surface area contributed by atoms with Crippen molar-refractivity contribution < 1.29 is 68.5 Å². The predicted octanol–water partition coefficient (Wildman–Crippen LogP) is 9.74. The Morgan fingerprint density at radius 1 is 0.810 bits per heavy atom. The van der Waals surface area contributed by atoms with Gasteiger partial charge in [-0.1, -0.05) is 53.1 Å². The Kier molecular flexibility index (Phi) is 10.6. The molecule has 4 amide bonds. The second-order valence-corrected chi connectivity index (χ2v) is 16.2. The number of hydrogen-bond donors (Lipinski definition) is 2. The summed E-state index contributed by atoms with van der Waals surface area (Å²) in [6.45, 7) is 1.67. The first-order chi connectivity index (χ1) is 29.5. The summed E-state index contributed by atoms with van der Waals surface area (Å²) in [5.74, 6) is -11.9. The van der Waals surface area contributed by atoms with Crippen LogP contribution in [0.1, 0.15) is 53.5 Å². The maximum atomic E-state index is 15.4. The molecule has 0 spiro atoms. The molecule has 1 aromatic heterocycles. The van der Waals surface area contributed by atoms with Gasteiger partial charge in [-0.15, -0.1) is 0 Å². The number of aromatic hydroxyl groups is 1. The van der Waals surface area contributed by atoms with Crippen LogP contribution in [0, 0.1) is 23.7 Å². The fourth-order valence-corrected chi connectivity index (χ4v) is 9.80. The standard InChI is InChI=1S/C42H29Cl2F9N4O6/c1-2-63-31-11-18(3-10-30(31)58)33-25-8-9-26-32(37(61)56(35(26)59)24-13-20(40(45,46)47)12-21(14-24)41(48,49)50)27(25)16-28-36(60)57(38(62)39(28,33)19-4-6-23(43)7-5-19)55-34-29(44)15-22(17-54-34)42(51,52)53/h3-8,10-15,17,26-28,32-33,58H,2,9,16H2,1H3,(H,54,55)/t26-,27+,28-,32-,33-,39+/m0/s1. The van der Waals surface area contributed by atoms with E-state index in [4.69, 9.17) is 27.9 Å². The molecule has 2 N–H and O–H groups in total. The number of anilines is 2. The van der Waals surface area contributed by atoms with E-state index in [-0.39, 0.29) is 69.3 Å². The van der Waals surface area contributed by atoms with Crippen molar-refractivity contribution in [2.24, 2.45) is 23.7 Å². The van der Waals surface area contributed by atoms with Gasteiger partial charge in [-0.25, -0.2) is 9.88 Å². The third-order valence-corrected chi connectivity index (χ3v) is 12.5. The molecule has 1 saturated carbocycles. The van der Waals surface area contributed by atoms with Gasteiger partial charge >= 0.3 is 18.5 Å². The van der Waals surface area contributed by atoms with E-state index >= 15 is 4.79 Å². The van der Waals surface area contributed by atoms with Gasteiger partial charge in [0, 0.05) is 17.1 Å². The number of nitrogens with one attached hydrogen (secondary N) is 1. The lowest BCUT2D eigenvalue weighted by Gasteiger charge is -2.50. The molecule has 330 valence electrons. The minimum Gasteiger partial charge on any atom is -0.504 e. The fraction of sp³-hybridized carbons (Fsp3) is 0.310. The quantitative estimate of drug-likeness (QED) is 0.107. The molecule has 3 heterocycles. The molecule has 2 aliphatic carbocycles. The van der Waals surface area contributed by atoms with Crippen LogP contribution >= 0.6 is 23.2 Å². The monoisotopic (exact) mass is 926 g/mol. The van der Waals surface area contributed by atoms with Gasteiger partial charge in [0.1, 0.15) is 0 Å². The number of hydrogen-bond acceptors (Lipinski definition) is 8. The van der Waals surface area contributed by atoms with Crippen LogP contribution in [0.4, 0.5) is 51.0 Å². The van der Waals surface area contributed by atoms with E-state index < -0.39 is 117 Å². The predicted molar refractivity (Wildman–Crippen MR) is 205 cm³/mol. The summed E-state index contributed by atoms with van der Waals surface area (Å²) in [4.78, 5) is 63.0. The molecule has 3 aromatic carbocycles. The molecule has 21 heteroatoms. The zero-order valence-corrected chi connectivity index (χ0v) is 33.5. The van der Waals surface area contributed by atoms with Crippen LogP contribution in [0.25, 0.3) is 0 Å². The van der Waals surface area contributed by atoms with Gasteiger partial charge in [0.05, 0.1) is 57.2 Å². The minimum absolute atomic E-state index is 0.0513. The molecular formula is C42H29Cl2F9N4O6. The second kappa shape index (κ2) is 15.2. The summed E-state index contributed by atoms with van der Waals surface area (Å²) in [7, 11) is 0. The number of aromatic nitrogens is 1. The molecule has 3 fully saturated rings. The number of hydrazine groups is 1. The fourth-order valence-electron chi connectivity index (χ4n) is 9.46. The molecule has 4 aliphatic rings. The van der Waals surface area contributed by atoms with Crippen molar-refractivity contribution in [3.63, 3.8) is 0 Å². The lowest BCUT2D eigenvalue weighted by Crippen LogP contribution is -2.53. The van der Waals surface area contributed by atoms with Crippen molar-refractivity contribution in [3.05, 3.63) is 122 Å². The van der Waals surface area contributed by atoms with Crippen LogP contribution in [0.5, 0.6) is 11.5 Å². The van der Waals surface area contributed by atoms with E-state index in [1.54, 1.807) is 13.0 Å². The highest BCUT2D eigenvalue weighted by molar-refractivity contribution is 6.33. The summed E-state index contributed by atoms with van der Waals surface area (Å²) in [6.07, 6.45) is -14.2. The average Bonchev–Trinajstić information content (AvgIpc) is 3.59. The number of alkyl halides is 9. The molecule has 2 saturated heterocycles. The number of benzene rings is 3. The maximum absolute atomic E-state index is 15.4. The third kappa shape index (κ3) is 7.12. The topological polar surface area (TPSA) is 129 Å². The molecule has 10 nitrogen and oxygen atoms in total. The van der Waals surface area contributed by atoms with E-state index in [0.717, 1.165) is 0 Å². The number of fused-ring (bicyclic) bond motifs is 4. The van der Waals surface area contributed by atoms with Crippen LogP contribution in [-0.2, 0) is 43.1 Å². The van der Waals surface area contributed by atoms with Gasteiger partial charge in [0.2, 0.25) is 11.8 Å². The van der Waals surface area contributed by atoms with Crippen molar-refractivity contribution in [2.75, 3.05) is 16.9 Å². The number of carbonyl (C=O) groups excluding carboxylic acids is 4. The van der Waals surface area contributed by atoms with E-state index in [9.17, 15) is 59.0 Å². The van der Waals surface area contributed by atoms with Crippen molar-refractivity contribution in [3.8, 4) is 11.5 Å². The number of amides is 4. The van der Waals surface area contributed by atoms with E-state index in [0.29, 0.717) is 17.3 Å². The van der Waals surface area contributed by atoms with Crippen molar-refractivity contribution in [1.29, 1.82) is 0 Å². The molecule has 0 unspecified atom stereocenters. The SMILES string of the molecule is CCOc1cc([C@H]2C3=CC[C@@H]4C(=O)N(c5cc(C(F)(F)F)cc(C(F)(F)F)c5)C(=O)[C@@H]4[C@@H]3C[C@H]3C(=O)N(Nc4ncc(C(F)(F)F)cc4Cl)C(=O)[C@@]23c2ccc(Cl)cc2)ccc1O. The Morgan fingerprint density at radius 3 is 2.03 bits per heavy atom. The highest BCUT2D eigenvalue weighted by atomic mass is 35.5. The highest BCUT2D eigenvalue weighted by Gasteiger charge is 2.70. The molecule has 0 bridgehead atoms. The molecule has 63 heavy (non-hydrogen) atoms. The lowest BCUT2D eigenvalue weighted by molar-refractivity contribution is -0.143. The van der Waals surface area contributed by atoms with Gasteiger partial charge in [-0.2, -0.15) is 44.5 Å². The van der Waals surface area contributed by atoms with Crippen LogP contribution in [0.3, 0.4) is 0 Å².